The summed E-state index contributed by atoms with van der Waals surface area (Å²) >= 11 is 0. The van der Waals surface area contributed by atoms with Crippen molar-refractivity contribution in [2.24, 2.45) is 5.92 Å². The molecule has 2 atom stereocenters. The predicted octanol–water partition coefficient (Wildman–Crippen LogP) is 4.51. The van der Waals surface area contributed by atoms with E-state index in [1.165, 1.54) is 43.3 Å². The van der Waals surface area contributed by atoms with Gasteiger partial charge in [-0.25, -0.2) is 0 Å². The fraction of sp³-hybridized carbons (Fsp3) is 0.375. The van der Waals surface area contributed by atoms with Crippen LogP contribution in [0, 0.1) is 17.2 Å². The van der Waals surface area contributed by atoms with E-state index in [1.54, 1.807) is 6.07 Å². The SMILES string of the molecule is CC(=O)c1cc(-c2ccc([C@H](NC(=O)[C@H](CC(C)C)NCC#N)C(F)(F)F)cc2)ccc1O. The van der Waals surface area contributed by atoms with Gasteiger partial charge in [-0.2, -0.15) is 18.4 Å². The zero-order chi connectivity index (χ0) is 24.8. The minimum atomic E-state index is -4.74. The van der Waals surface area contributed by atoms with Crippen LogP contribution in [0.1, 0.15) is 49.2 Å². The molecule has 0 aliphatic rings. The molecule has 0 saturated heterocycles. The van der Waals surface area contributed by atoms with Gasteiger partial charge in [0.2, 0.25) is 5.91 Å². The number of phenolic OH excluding ortho intramolecular Hbond substituents is 1. The number of carbonyl (C=O) groups is 2. The van der Waals surface area contributed by atoms with Gasteiger partial charge < -0.3 is 10.4 Å². The number of carbonyl (C=O) groups excluding carboxylic acids is 2. The molecule has 0 radical (unpaired) electrons. The molecule has 2 aromatic carbocycles. The first-order valence-electron chi connectivity index (χ1n) is 10.4. The molecular weight excluding hydrogens is 435 g/mol. The van der Waals surface area contributed by atoms with Gasteiger partial charge >= 0.3 is 6.18 Å². The maximum Gasteiger partial charge on any atom is 0.412 e. The summed E-state index contributed by atoms with van der Waals surface area (Å²) < 4.78 is 41.4. The zero-order valence-corrected chi connectivity index (χ0v) is 18.5. The number of nitrogens with one attached hydrogen (secondary N) is 2. The molecule has 3 N–H and O–H groups in total. The van der Waals surface area contributed by atoms with Crippen LogP contribution in [-0.2, 0) is 4.79 Å². The van der Waals surface area contributed by atoms with Crippen molar-refractivity contribution in [1.82, 2.24) is 10.6 Å². The molecule has 0 unspecified atom stereocenters. The molecule has 0 spiro atoms. The van der Waals surface area contributed by atoms with E-state index >= 15 is 0 Å². The summed E-state index contributed by atoms with van der Waals surface area (Å²) in [5.74, 6) is -1.33. The fourth-order valence-electron chi connectivity index (χ4n) is 3.39. The van der Waals surface area contributed by atoms with E-state index in [4.69, 9.17) is 5.26 Å². The molecule has 2 rings (SSSR count). The van der Waals surface area contributed by atoms with Crippen molar-refractivity contribution in [3.8, 4) is 22.9 Å². The maximum atomic E-state index is 13.8. The summed E-state index contributed by atoms with van der Waals surface area (Å²) in [5, 5.41) is 23.3. The Balaban J connectivity index is 2.31. The first-order chi connectivity index (χ1) is 15.4. The first-order valence-corrected chi connectivity index (χ1v) is 10.4. The average molecular weight is 461 g/mol. The number of amides is 1. The van der Waals surface area contributed by atoms with E-state index in [0.29, 0.717) is 11.1 Å². The average Bonchev–Trinajstić information content (AvgIpc) is 2.74. The molecule has 0 saturated carbocycles. The number of aromatic hydroxyl groups is 1. The number of nitriles is 1. The summed E-state index contributed by atoms with van der Waals surface area (Å²) in [5.41, 5.74) is 1.04. The van der Waals surface area contributed by atoms with Crippen molar-refractivity contribution >= 4 is 11.7 Å². The topological polar surface area (TPSA) is 102 Å². The Hall–Kier alpha value is -3.38. The van der Waals surface area contributed by atoms with Gasteiger partial charge in [0, 0.05) is 0 Å². The Labute approximate surface area is 190 Å². The number of benzene rings is 2. The number of hydrogen-bond acceptors (Lipinski definition) is 5. The molecule has 0 aliphatic heterocycles. The zero-order valence-electron chi connectivity index (χ0n) is 18.5. The van der Waals surface area contributed by atoms with Crippen molar-refractivity contribution in [3.63, 3.8) is 0 Å². The van der Waals surface area contributed by atoms with Crippen molar-refractivity contribution in [1.29, 1.82) is 5.26 Å². The van der Waals surface area contributed by atoms with Crippen LogP contribution in [0.5, 0.6) is 5.75 Å². The Bertz CT molecular complexity index is 1030. The molecule has 2 aromatic rings. The summed E-state index contributed by atoms with van der Waals surface area (Å²) in [6.45, 7) is 4.80. The van der Waals surface area contributed by atoms with E-state index in [0.717, 1.165) is 0 Å². The molecular formula is C24H26F3N3O3. The molecule has 6 nitrogen and oxygen atoms in total. The summed E-state index contributed by atoms with van der Waals surface area (Å²) in [6.07, 6.45) is -4.47. The van der Waals surface area contributed by atoms with Gasteiger partial charge in [-0.3, -0.25) is 14.9 Å². The number of hydrogen-bond donors (Lipinski definition) is 3. The molecule has 9 heteroatoms. The van der Waals surface area contributed by atoms with Crippen LogP contribution in [0.25, 0.3) is 11.1 Å². The highest BCUT2D eigenvalue weighted by Crippen LogP contribution is 2.34. The lowest BCUT2D eigenvalue weighted by atomic mass is 9.97. The lowest BCUT2D eigenvalue weighted by Gasteiger charge is -2.26. The van der Waals surface area contributed by atoms with Crippen molar-refractivity contribution in [3.05, 3.63) is 53.6 Å². The lowest BCUT2D eigenvalue weighted by Crippen LogP contribution is -2.49. The van der Waals surface area contributed by atoms with Crippen LogP contribution in [0.3, 0.4) is 0 Å². The maximum absolute atomic E-state index is 13.8. The second kappa shape index (κ2) is 11.0. The van der Waals surface area contributed by atoms with Crippen molar-refractivity contribution < 1.29 is 27.9 Å². The Morgan fingerprint density at radius 1 is 1.09 bits per heavy atom. The summed E-state index contributed by atoms with van der Waals surface area (Å²) in [6, 6.07) is 8.45. The largest absolute Gasteiger partial charge is 0.507 e. The van der Waals surface area contributed by atoms with Crippen LogP contribution in [0.4, 0.5) is 13.2 Å². The molecule has 176 valence electrons. The van der Waals surface area contributed by atoms with Gasteiger partial charge in [-0.05, 0) is 48.1 Å². The number of phenols is 1. The minimum absolute atomic E-state index is 0.0285. The van der Waals surface area contributed by atoms with E-state index in [2.05, 4.69) is 10.6 Å². The van der Waals surface area contributed by atoms with E-state index in [-0.39, 0.29) is 41.5 Å². The molecule has 0 bridgehead atoms. The molecule has 0 heterocycles. The van der Waals surface area contributed by atoms with E-state index in [9.17, 15) is 27.9 Å². The highest BCUT2D eigenvalue weighted by molar-refractivity contribution is 5.98. The highest BCUT2D eigenvalue weighted by Gasteiger charge is 2.42. The molecule has 1 amide bonds. The van der Waals surface area contributed by atoms with Gasteiger partial charge in [-0.15, -0.1) is 0 Å². The van der Waals surface area contributed by atoms with Crippen molar-refractivity contribution in [2.45, 2.75) is 45.5 Å². The molecule has 33 heavy (non-hydrogen) atoms. The summed E-state index contributed by atoms with van der Waals surface area (Å²) in [4.78, 5) is 24.2. The van der Waals surface area contributed by atoms with Crippen LogP contribution in [0.15, 0.2) is 42.5 Å². The fourth-order valence-corrected chi connectivity index (χ4v) is 3.39. The third-order valence-corrected chi connectivity index (χ3v) is 5.02. The number of rotatable bonds is 9. The Kier molecular flexibility index (Phi) is 8.60. The normalized spacial score (nSPS) is 13.3. The standard InChI is InChI=1S/C24H26F3N3O3/c1-14(2)12-20(29-11-10-28)23(33)30-22(24(25,26)27)17-6-4-16(5-7-17)18-8-9-21(32)19(13-18)15(3)31/h4-9,13-14,20,22,29,32H,11-12H2,1-3H3,(H,30,33)/t20-,22-/m0/s1. The van der Waals surface area contributed by atoms with Gasteiger partial charge in [0.05, 0.1) is 24.2 Å². The number of ketones is 1. The second-order valence-electron chi connectivity index (χ2n) is 8.11. The van der Waals surface area contributed by atoms with E-state index < -0.39 is 24.2 Å². The molecule has 0 fully saturated rings. The number of nitrogens with zero attached hydrogens (tertiary/aromatic N) is 1. The van der Waals surface area contributed by atoms with Gasteiger partial charge in [0.15, 0.2) is 11.8 Å². The number of alkyl halides is 3. The van der Waals surface area contributed by atoms with Crippen LogP contribution >= 0.6 is 0 Å². The minimum Gasteiger partial charge on any atom is -0.507 e. The Morgan fingerprint density at radius 2 is 1.70 bits per heavy atom. The van der Waals surface area contributed by atoms with Crippen molar-refractivity contribution in [2.75, 3.05) is 6.54 Å². The number of Topliss-reactive ketones (excluding diaryl/α,β-unsaturated/α-hetero) is 1. The lowest BCUT2D eigenvalue weighted by molar-refractivity contribution is -0.164. The van der Waals surface area contributed by atoms with E-state index in [1.807, 2.05) is 19.9 Å². The predicted molar refractivity (Wildman–Crippen MR) is 117 cm³/mol. The van der Waals surface area contributed by atoms with Gasteiger partial charge in [0.25, 0.3) is 0 Å². The third kappa shape index (κ3) is 7.05. The quantitative estimate of drug-likeness (QED) is 0.377. The van der Waals surface area contributed by atoms with Crippen LogP contribution in [-0.4, -0.2) is 35.6 Å². The van der Waals surface area contributed by atoms with Gasteiger partial charge in [-0.1, -0.05) is 44.2 Å². The molecule has 0 aromatic heterocycles. The Morgan fingerprint density at radius 3 is 2.21 bits per heavy atom. The van der Waals surface area contributed by atoms with Gasteiger partial charge in [0.1, 0.15) is 5.75 Å². The monoisotopic (exact) mass is 461 g/mol. The molecule has 0 aliphatic carbocycles. The second-order valence-corrected chi connectivity index (χ2v) is 8.11. The highest BCUT2D eigenvalue weighted by atomic mass is 19.4. The first kappa shape index (κ1) is 25.9. The summed E-state index contributed by atoms with van der Waals surface area (Å²) in [7, 11) is 0. The smallest absolute Gasteiger partial charge is 0.412 e. The third-order valence-electron chi connectivity index (χ3n) is 5.02. The number of halogens is 3. The van der Waals surface area contributed by atoms with Crippen LogP contribution < -0.4 is 10.6 Å². The van der Waals surface area contributed by atoms with Crippen LogP contribution in [0.2, 0.25) is 0 Å².